The number of nitrogens with two attached hydrogens (primary N) is 1. The van der Waals surface area contributed by atoms with E-state index in [0.717, 1.165) is 12.8 Å². The van der Waals surface area contributed by atoms with E-state index in [2.05, 4.69) is 13.8 Å². The van der Waals surface area contributed by atoms with Crippen LogP contribution in [-0.2, 0) is 4.79 Å². The first-order valence-corrected chi connectivity index (χ1v) is 5.03. The molecule has 3 heteroatoms. The minimum absolute atomic E-state index is 0.0937. The largest absolute Gasteiger partial charge is 0.481 e. The SMILES string of the molecule is CCCC[C@@H](C)C[C@H](N)CC(=O)O. The van der Waals surface area contributed by atoms with Gasteiger partial charge in [-0.2, -0.15) is 0 Å². The van der Waals surface area contributed by atoms with Gasteiger partial charge in [0, 0.05) is 6.04 Å². The van der Waals surface area contributed by atoms with Crippen LogP contribution in [0.1, 0.15) is 46.0 Å². The van der Waals surface area contributed by atoms with E-state index in [1.165, 1.54) is 12.8 Å². The summed E-state index contributed by atoms with van der Waals surface area (Å²) in [5.41, 5.74) is 5.67. The zero-order valence-electron chi connectivity index (χ0n) is 8.62. The Morgan fingerprint density at radius 2 is 2.15 bits per heavy atom. The lowest BCUT2D eigenvalue weighted by molar-refractivity contribution is -0.137. The van der Waals surface area contributed by atoms with E-state index in [0.29, 0.717) is 5.92 Å². The fourth-order valence-corrected chi connectivity index (χ4v) is 1.49. The molecule has 0 fully saturated rings. The van der Waals surface area contributed by atoms with Crippen molar-refractivity contribution in [2.24, 2.45) is 11.7 Å². The van der Waals surface area contributed by atoms with Crippen molar-refractivity contribution < 1.29 is 9.90 Å². The molecule has 0 aromatic carbocycles. The second-order valence-corrected chi connectivity index (χ2v) is 3.84. The van der Waals surface area contributed by atoms with Crippen LogP contribution in [0.25, 0.3) is 0 Å². The van der Waals surface area contributed by atoms with Crippen molar-refractivity contribution in [2.45, 2.75) is 52.0 Å². The highest BCUT2D eigenvalue weighted by Gasteiger charge is 2.11. The summed E-state index contributed by atoms with van der Waals surface area (Å²) in [6.45, 7) is 4.29. The number of carboxylic acid groups (broad SMARTS) is 1. The molecule has 2 atom stereocenters. The summed E-state index contributed by atoms with van der Waals surface area (Å²) in [4.78, 5) is 10.3. The van der Waals surface area contributed by atoms with Gasteiger partial charge in [-0.1, -0.05) is 33.1 Å². The summed E-state index contributed by atoms with van der Waals surface area (Å²) in [5, 5.41) is 8.49. The van der Waals surface area contributed by atoms with Gasteiger partial charge in [0.2, 0.25) is 0 Å². The molecule has 0 aromatic rings. The van der Waals surface area contributed by atoms with Crippen LogP contribution >= 0.6 is 0 Å². The topological polar surface area (TPSA) is 63.3 Å². The third-order valence-corrected chi connectivity index (χ3v) is 2.19. The van der Waals surface area contributed by atoms with E-state index in [4.69, 9.17) is 10.8 Å². The predicted molar refractivity (Wildman–Crippen MR) is 53.5 cm³/mol. The summed E-state index contributed by atoms with van der Waals surface area (Å²) in [7, 11) is 0. The molecule has 0 radical (unpaired) electrons. The maximum Gasteiger partial charge on any atom is 0.304 e. The van der Waals surface area contributed by atoms with Crippen LogP contribution in [0.4, 0.5) is 0 Å². The molecule has 78 valence electrons. The standard InChI is InChI=1S/C10H21NO2/c1-3-4-5-8(2)6-9(11)7-10(12)13/h8-9H,3-7,11H2,1-2H3,(H,12,13)/t8-,9+/m1/s1. The summed E-state index contributed by atoms with van der Waals surface area (Å²) in [6, 6.07) is -0.177. The molecule has 0 unspecified atom stereocenters. The Morgan fingerprint density at radius 3 is 2.62 bits per heavy atom. The number of carboxylic acids is 1. The zero-order chi connectivity index (χ0) is 10.3. The number of hydrogen-bond donors (Lipinski definition) is 2. The van der Waals surface area contributed by atoms with Crippen molar-refractivity contribution in [3.05, 3.63) is 0 Å². The van der Waals surface area contributed by atoms with Gasteiger partial charge in [0.15, 0.2) is 0 Å². The van der Waals surface area contributed by atoms with E-state index in [1.807, 2.05) is 0 Å². The molecule has 0 aliphatic carbocycles. The summed E-state index contributed by atoms with van der Waals surface area (Å²) < 4.78 is 0. The Morgan fingerprint density at radius 1 is 1.54 bits per heavy atom. The van der Waals surface area contributed by atoms with Crippen molar-refractivity contribution in [1.29, 1.82) is 0 Å². The van der Waals surface area contributed by atoms with Gasteiger partial charge < -0.3 is 10.8 Å². The highest BCUT2D eigenvalue weighted by molar-refractivity contribution is 5.67. The lowest BCUT2D eigenvalue weighted by atomic mass is 9.95. The lowest BCUT2D eigenvalue weighted by Crippen LogP contribution is -2.25. The molecule has 0 saturated heterocycles. The normalized spacial score (nSPS) is 15.3. The van der Waals surface area contributed by atoms with Gasteiger partial charge in [0.25, 0.3) is 0 Å². The third kappa shape index (κ3) is 7.78. The molecule has 0 heterocycles. The number of aliphatic carboxylic acids is 1. The maximum absolute atomic E-state index is 10.3. The molecular formula is C10H21NO2. The highest BCUT2D eigenvalue weighted by Crippen LogP contribution is 2.14. The molecule has 3 nitrogen and oxygen atoms in total. The Labute approximate surface area is 80.3 Å². The molecule has 0 spiro atoms. The fraction of sp³-hybridized carbons (Fsp3) is 0.900. The van der Waals surface area contributed by atoms with Gasteiger partial charge in [-0.25, -0.2) is 0 Å². The monoisotopic (exact) mass is 187 g/mol. The van der Waals surface area contributed by atoms with E-state index in [9.17, 15) is 4.79 Å². The highest BCUT2D eigenvalue weighted by atomic mass is 16.4. The van der Waals surface area contributed by atoms with Crippen LogP contribution in [-0.4, -0.2) is 17.1 Å². The second-order valence-electron chi connectivity index (χ2n) is 3.84. The third-order valence-electron chi connectivity index (χ3n) is 2.19. The molecule has 0 saturated carbocycles. The molecule has 0 aromatic heterocycles. The number of unbranched alkanes of at least 4 members (excludes halogenated alkanes) is 1. The Hall–Kier alpha value is -0.570. The van der Waals surface area contributed by atoms with Crippen LogP contribution in [0.2, 0.25) is 0 Å². The minimum Gasteiger partial charge on any atom is -0.481 e. The van der Waals surface area contributed by atoms with Gasteiger partial charge in [0.05, 0.1) is 6.42 Å². The van der Waals surface area contributed by atoms with Crippen molar-refractivity contribution in [3.8, 4) is 0 Å². The first-order valence-electron chi connectivity index (χ1n) is 5.03. The summed E-state index contributed by atoms with van der Waals surface area (Å²) in [5.74, 6) is -0.246. The fourth-order valence-electron chi connectivity index (χ4n) is 1.49. The quantitative estimate of drug-likeness (QED) is 0.640. The van der Waals surface area contributed by atoms with E-state index < -0.39 is 5.97 Å². The Bertz CT molecular complexity index is 148. The lowest BCUT2D eigenvalue weighted by Gasteiger charge is -2.15. The maximum atomic E-state index is 10.3. The van der Waals surface area contributed by atoms with Gasteiger partial charge in [-0.3, -0.25) is 4.79 Å². The van der Waals surface area contributed by atoms with Crippen LogP contribution in [0, 0.1) is 5.92 Å². The first kappa shape index (κ1) is 12.4. The Balaban J connectivity index is 3.52. The molecular weight excluding hydrogens is 166 g/mol. The summed E-state index contributed by atoms with van der Waals surface area (Å²) >= 11 is 0. The summed E-state index contributed by atoms with van der Waals surface area (Å²) in [6.07, 6.45) is 4.48. The van der Waals surface area contributed by atoms with Crippen LogP contribution < -0.4 is 5.73 Å². The van der Waals surface area contributed by atoms with E-state index >= 15 is 0 Å². The van der Waals surface area contributed by atoms with Crippen LogP contribution in [0.5, 0.6) is 0 Å². The molecule has 0 rings (SSSR count). The molecule has 0 aliphatic heterocycles. The van der Waals surface area contributed by atoms with Gasteiger partial charge in [-0.15, -0.1) is 0 Å². The number of rotatable bonds is 7. The van der Waals surface area contributed by atoms with E-state index in [-0.39, 0.29) is 12.5 Å². The number of carbonyl (C=O) groups is 1. The average Bonchev–Trinajstić information content (AvgIpc) is 1.98. The van der Waals surface area contributed by atoms with E-state index in [1.54, 1.807) is 0 Å². The molecule has 0 amide bonds. The molecule has 3 N–H and O–H groups in total. The number of hydrogen-bond acceptors (Lipinski definition) is 2. The Kier molecular flexibility index (Phi) is 6.59. The predicted octanol–water partition coefficient (Wildman–Crippen LogP) is 2.00. The van der Waals surface area contributed by atoms with Gasteiger partial charge in [-0.05, 0) is 12.3 Å². The van der Waals surface area contributed by atoms with Crippen LogP contribution in [0.15, 0.2) is 0 Å². The van der Waals surface area contributed by atoms with Crippen LogP contribution in [0.3, 0.4) is 0 Å². The van der Waals surface area contributed by atoms with Gasteiger partial charge in [0.1, 0.15) is 0 Å². The van der Waals surface area contributed by atoms with Crippen molar-refractivity contribution in [2.75, 3.05) is 0 Å². The van der Waals surface area contributed by atoms with Gasteiger partial charge >= 0.3 is 5.97 Å². The molecule has 13 heavy (non-hydrogen) atoms. The van der Waals surface area contributed by atoms with Crippen molar-refractivity contribution in [1.82, 2.24) is 0 Å². The average molecular weight is 187 g/mol. The zero-order valence-corrected chi connectivity index (χ0v) is 8.62. The molecule has 0 bridgehead atoms. The smallest absolute Gasteiger partial charge is 0.304 e. The first-order chi connectivity index (χ1) is 6.06. The minimum atomic E-state index is -0.796. The van der Waals surface area contributed by atoms with Crippen molar-refractivity contribution in [3.63, 3.8) is 0 Å². The second kappa shape index (κ2) is 6.89. The van der Waals surface area contributed by atoms with Crippen molar-refractivity contribution >= 4 is 5.97 Å². The molecule has 0 aliphatic rings.